The van der Waals surface area contributed by atoms with Gasteiger partial charge in [-0.3, -0.25) is 4.79 Å². The number of nitrogens with one attached hydrogen (secondary N) is 3. The molecule has 2 amide bonds. The van der Waals surface area contributed by atoms with Crippen molar-refractivity contribution in [2.75, 3.05) is 6.54 Å². The third-order valence-electron chi connectivity index (χ3n) is 9.60. The van der Waals surface area contributed by atoms with E-state index in [2.05, 4.69) is 36.4 Å². The normalized spacial score (nSPS) is 25.5. The second-order valence-corrected chi connectivity index (χ2v) is 12.0. The number of rotatable bonds is 8. The fourth-order valence-corrected chi connectivity index (χ4v) is 6.69. The minimum Gasteiger partial charge on any atom is -0.446 e. The fraction of sp³-hybridized carbons (Fsp3) is 0.484. The fourth-order valence-electron chi connectivity index (χ4n) is 6.69. The molecule has 4 atom stereocenters. The van der Waals surface area contributed by atoms with Gasteiger partial charge in [-0.05, 0) is 61.1 Å². The van der Waals surface area contributed by atoms with E-state index in [1.807, 2.05) is 60.8 Å². The third kappa shape index (κ3) is 4.62. The monoisotopic (exact) mass is 501 g/mol. The van der Waals surface area contributed by atoms with E-state index in [1.54, 1.807) is 6.92 Å². The number of hydrogen-bond acceptors (Lipinski definition) is 3. The van der Waals surface area contributed by atoms with E-state index in [9.17, 15) is 9.59 Å². The molecular weight excluding hydrogens is 462 g/mol. The Kier molecular flexibility index (Phi) is 6.55. The molecule has 2 aliphatic rings. The van der Waals surface area contributed by atoms with Crippen molar-refractivity contribution in [2.24, 2.45) is 16.7 Å². The first-order chi connectivity index (χ1) is 17.6. The summed E-state index contributed by atoms with van der Waals surface area (Å²) in [5, 5.41) is 7.09. The number of carbonyl (C=O) groups is 2. The number of para-hydroxylation sites is 1. The van der Waals surface area contributed by atoms with E-state index in [0.717, 1.165) is 41.3 Å². The van der Waals surface area contributed by atoms with Crippen molar-refractivity contribution >= 4 is 22.9 Å². The number of aromatic amines is 1. The molecule has 3 unspecified atom stereocenters. The van der Waals surface area contributed by atoms with Crippen LogP contribution < -0.4 is 10.6 Å². The molecule has 3 aromatic rings. The van der Waals surface area contributed by atoms with Crippen molar-refractivity contribution < 1.29 is 14.3 Å². The van der Waals surface area contributed by atoms with Gasteiger partial charge in [0, 0.05) is 35.5 Å². The SMILES string of the molecule is CC(Cc1c[nH]c2ccccc12)(NC(=O)O[C@H]1CC2CCC1(C)C2(C)C)C(=O)NCCc1ccccc1. The van der Waals surface area contributed by atoms with Gasteiger partial charge in [0.05, 0.1) is 0 Å². The number of amides is 2. The van der Waals surface area contributed by atoms with E-state index in [0.29, 0.717) is 18.9 Å². The van der Waals surface area contributed by atoms with Gasteiger partial charge in [0.15, 0.2) is 0 Å². The van der Waals surface area contributed by atoms with Crippen molar-refractivity contribution in [3.63, 3.8) is 0 Å². The van der Waals surface area contributed by atoms with Crippen LogP contribution in [0.25, 0.3) is 10.9 Å². The average Bonchev–Trinajstić information content (AvgIpc) is 3.43. The lowest BCUT2D eigenvalue weighted by molar-refractivity contribution is -0.127. The zero-order chi connectivity index (χ0) is 26.3. The minimum atomic E-state index is -1.17. The first-order valence-corrected chi connectivity index (χ1v) is 13.5. The van der Waals surface area contributed by atoms with E-state index < -0.39 is 11.6 Å². The lowest BCUT2D eigenvalue weighted by Gasteiger charge is -2.39. The Labute approximate surface area is 219 Å². The Balaban J connectivity index is 1.32. The number of alkyl carbamates (subject to hydrolysis) is 1. The molecule has 3 N–H and O–H groups in total. The first-order valence-electron chi connectivity index (χ1n) is 13.5. The lowest BCUT2D eigenvalue weighted by atomic mass is 9.70. The summed E-state index contributed by atoms with van der Waals surface area (Å²) < 4.78 is 6.07. The number of benzene rings is 2. The molecule has 0 saturated heterocycles. The number of aromatic nitrogens is 1. The predicted molar refractivity (Wildman–Crippen MR) is 146 cm³/mol. The maximum absolute atomic E-state index is 13.6. The van der Waals surface area contributed by atoms with E-state index in [1.165, 1.54) is 6.42 Å². The number of H-pyrrole nitrogens is 1. The highest BCUT2D eigenvalue weighted by molar-refractivity contribution is 5.91. The summed E-state index contributed by atoms with van der Waals surface area (Å²) in [6.45, 7) is 9.12. The highest BCUT2D eigenvalue weighted by Gasteiger charge is 2.63. The number of ether oxygens (including phenoxy) is 1. The zero-order valence-electron chi connectivity index (χ0n) is 22.4. The van der Waals surface area contributed by atoms with Gasteiger partial charge in [-0.1, -0.05) is 69.3 Å². The van der Waals surface area contributed by atoms with Crippen molar-refractivity contribution in [2.45, 2.75) is 71.4 Å². The van der Waals surface area contributed by atoms with Crippen LogP contribution in [0.15, 0.2) is 60.8 Å². The standard InChI is InChI=1S/C31H39N3O3/c1-29(2)23-14-16-30(29,3)26(18-23)37-28(36)34-31(4,19-22-20-33-25-13-9-8-12-24(22)25)27(35)32-17-15-21-10-6-5-7-11-21/h5-13,20,23,26,33H,14-19H2,1-4H3,(H,32,35)(H,34,36)/t23?,26-,30?,31?/m0/s1. The van der Waals surface area contributed by atoms with Crippen LogP contribution in [-0.4, -0.2) is 35.2 Å². The minimum absolute atomic E-state index is 0.0415. The maximum Gasteiger partial charge on any atom is 0.408 e. The molecule has 37 heavy (non-hydrogen) atoms. The third-order valence-corrected chi connectivity index (χ3v) is 9.60. The summed E-state index contributed by atoms with van der Waals surface area (Å²) in [6, 6.07) is 18.1. The summed E-state index contributed by atoms with van der Waals surface area (Å²) in [4.78, 5) is 30.2. The Morgan fingerprint density at radius 3 is 2.51 bits per heavy atom. The van der Waals surface area contributed by atoms with Crippen molar-refractivity contribution in [1.29, 1.82) is 0 Å². The molecule has 0 spiro atoms. The zero-order valence-corrected chi connectivity index (χ0v) is 22.4. The summed E-state index contributed by atoms with van der Waals surface area (Å²) >= 11 is 0. The molecule has 6 nitrogen and oxygen atoms in total. The molecule has 5 rings (SSSR count). The molecule has 1 aromatic heterocycles. The van der Waals surface area contributed by atoms with Crippen molar-refractivity contribution in [3.8, 4) is 0 Å². The van der Waals surface area contributed by atoms with Crippen LogP contribution in [0.3, 0.4) is 0 Å². The second kappa shape index (κ2) is 9.55. The van der Waals surface area contributed by atoms with Crippen molar-refractivity contribution in [1.82, 2.24) is 15.6 Å². The molecule has 0 radical (unpaired) electrons. The topological polar surface area (TPSA) is 83.2 Å². The molecule has 2 saturated carbocycles. The molecule has 0 aliphatic heterocycles. The highest BCUT2D eigenvalue weighted by Crippen LogP contribution is 2.66. The van der Waals surface area contributed by atoms with Crippen LogP contribution in [0.1, 0.15) is 58.1 Å². The van der Waals surface area contributed by atoms with E-state index >= 15 is 0 Å². The molecule has 2 aliphatic carbocycles. The van der Waals surface area contributed by atoms with Gasteiger partial charge in [-0.15, -0.1) is 0 Å². The molecule has 2 fully saturated rings. The summed E-state index contributed by atoms with van der Waals surface area (Å²) in [7, 11) is 0. The molecule has 196 valence electrons. The predicted octanol–water partition coefficient (Wildman–Crippen LogP) is 5.77. The molecule has 1 heterocycles. The average molecular weight is 502 g/mol. The van der Waals surface area contributed by atoms with Crippen LogP contribution in [0.4, 0.5) is 4.79 Å². The van der Waals surface area contributed by atoms with Gasteiger partial charge in [-0.25, -0.2) is 4.79 Å². The Bertz CT molecular complexity index is 1280. The van der Waals surface area contributed by atoms with E-state index in [4.69, 9.17) is 4.74 Å². The van der Waals surface area contributed by atoms with Gasteiger partial charge < -0.3 is 20.4 Å². The highest BCUT2D eigenvalue weighted by atomic mass is 16.6. The van der Waals surface area contributed by atoms with Gasteiger partial charge in [-0.2, -0.15) is 0 Å². The smallest absolute Gasteiger partial charge is 0.408 e. The Morgan fingerprint density at radius 2 is 1.81 bits per heavy atom. The summed E-state index contributed by atoms with van der Waals surface area (Å²) in [5.74, 6) is 0.347. The van der Waals surface area contributed by atoms with Crippen LogP contribution >= 0.6 is 0 Å². The number of hydrogen-bond donors (Lipinski definition) is 3. The van der Waals surface area contributed by atoms with Crippen LogP contribution in [0, 0.1) is 16.7 Å². The van der Waals surface area contributed by atoms with Crippen LogP contribution in [0.5, 0.6) is 0 Å². The molecule has 2 bridgehead atoms. The Morgan fingerprint density at radius 1 is 1.08 bits per heavy atom. The van der Waals surface area contributed by atoms with E-state index in [-0.39, 0.29) is 22.8 Å². The summed E-state index contributed by atoms with van der Waals surface area (Å²) in [6.07, 6.45) is 5.47. The van der Waals surface area contributed by atoms with Gasteiger partial charge in [0.2, 0.25) is 5.91 Å². The van der Waals surface area contributed by atoms with Gasteiger partial charge in [0.25, 0.3) is 0 Å². The Hall–Kier alpha value is -3.28. The van der Waals surface area contributed by atoms with Crippen LogP contribution in [0.2, 0.25) is 0 Å². The molecular formula is C31H39N3O3. The summed E-state index contributed by atoms with van der Waals surface area (Å²) in [5.41, 5.74) is 2.06. The molecule has 2 aromatic carbocycles. The van der Waals surface area contributed by atoms with Crippen LogP contribution in [-0.2, 0) is 22.4 Å². The van der Waals surface area contributed by atoms with Gasteiger partial charge >= 0.3 is 6.09 Å². The number of carbonyl (C=O) groups excluding carboxylic acids is 2. The van der Waals surface area contributed by atoms with Gasteiger partial charge in [0.1, 0.15) is 11.6 Å². The molecule has 6 heteroatoms. The second-order valence-electron chi connectivity index (χ2n) is 12.0. The van der Waals surface area contributed by atoms with Crippen molar-refractivity contribution in [3.05, 3.63) is 71.9 Å². The largest absolute Gasteiger partial charge is 0.446 e. The maximum atomic E-state index is 13.6. The quantitative estimate of drug-likeness (QED) is 0.366. The first kappa shape index (κ1) is 25.4. The number of fused-ring (bicyclic) bond motifs is 3. The lowest BCUT2D eigenvalue weighted by Crippen LogP contribution is -2.59.